The predicted octanol–water partition coefficient (Wildman–Crippen LogP) is 4.08. The zero-order valence-corrected chi connectivity index (χ0v) is 15.9. The van der Waals surface area contributed by atoms with Gasteiger partial charge in [-0.25, -0.2) is 4.98 Å². The number of nitrogens with one attached hydrogen (secondary N) is 1. The van der Waals surface area contributed by atoms with Crippen LogP contribution in [-0.4, -0.2) is 20.9 Å². The summed E-state index contributed by atoms with van der Waals surface area (Å²) in [6.07, 6.45) is 7.22. The Morgan fingerprint density at radius 3 is 2.79 bits per heavy atom. The third kappa shape index (κ3) is 4.24. The van der Waals surface area contributed by atoms with Crippen molar-refractivity contribution in [3.8, 4) is 5.75 Å². The van der Waals surface area contributed by atoms with Gasteiger partial charge in [-0.2, -0.15) is 0 Å². The van der Waals surface area contributed by atoms with Gasteiger partial charge in [0.25, 0.3) is 5.91 Å². The summed E-state index contributed by atoms with van der Waals surface area (Å²) in [4.78, 5) is 25.2. The summed E-state index contributed by atoms with van der Waals surface area (Å²) in [5.74, 6) is 0.659. The van der Waals surface area contributed by atoms with Crippen LogP contribution in [0.15, 0.2) is 71.7 Å². The van der Waals surface area contributed by atoms with Crippen LogP contribution >= 0.6 is 0 Å². The van der Waals surface area contributed by atoms with E-state index in [2.05, 4.69) is 20.3 Å². The molecule has 0 aliphatic heterocycles. The van der Waals surface area contributed by atoms with E-state index in [9.17, 15) is 4.79 Å². The van der Waals surface area contributed by atoms with Gasteiger partial charge in [0.1, 0.15) is 17.5 Å². The fourth-order valence-electron chi connectivity index (χ4n) is 3.06. The first kappa shape index (κ1) is 18.6. The molecule has 1 atom stereocenters. The Morgan fingerprint density at radius 1 is 1.14 bits per heavy atom. The molecule has 4 rings (SSSR count). The number of amides is 1. The minimum atomic E-state index is -0.296. The highest BCUT2D eigenvalue weighted by molar-refractivity contribution is 5.92. The quantitative estimate of drug-likeness (QED) is 0.513. The SMILES string of the molecule is CC[C@H](NC(=O)c1coc(COc2cccc3cccnc23)n1)c1ccncc1. The second kappa shape index (κ2) is 8.52. The molecule has 4 aromatic rings. The van der Waals surface area contributed by atoms with Gasteiger partial charge >= 0.3 is 0 Å². The van der Waals surface area contributed by atoms with E-state index in [0.717, 1.165) is 22.9 Å². The van der Waals surface area contributed by atoms with Crippen molar-refractivity contribution in [1.29, 1.82) is 0 Å². The van der Waals surface area contributed by atoms with E-state index in [1.165, 1.54) is 6.26 Å². The number of carbonyl (C=O) groups excluding carboxylic acids is 1. The molecule has 7 nitrogen and oxygen atoms in total. The molecule has 0 fully saturated rings. The molecule has 0 bridgehead atoms. The Balaban J connectivity index is 1.42. The molecule has 1 N–H and O–H groups in total. The van der Waals surface area contributed by atoms with E-state index in [-0.39, 0.29) is 24.2 Å². The van der Waals surface area contributed by atoms with Gasteiger partial charge in [-0.05, 0) is 36.2 Å². The van der Waals surface area contributed by atoms with Crippen LogP contribution in [-0.2, 0) is 6.61 Å². The number of hydrogen-bond donors (Lipinski definition) is 1. The van der Waals surface area contributed by atoms with Crippen molar-refractivity contribution in [3.63, 3.8) is 0 Å². The molecule has 3 heterocycles. The van der Waals surface area contributed by atoms with E-state index in [1.54, 1.807) is 18.6 Å². The first-order valence-electron chi connectivity index (χ1n) is 9.36. The molecule has 0 saturated heterocycles. The standard InChI is InChI=1S/C22H20N4O3/c1-2-17(15-8-11-23-12-9-15)26-22(27)18-13-29-20(25-18)14-28-19-7-3-5-16-6-4-10-24-21(16)19/h3-13,17H,2,14H2,1H3,(H,26,27)/t17-/m0/s1. The van der Waals surface area contributed by atoms with Gasteiger partial charge in [-0.3, -0.25) is 14.8 Å². The fraction of sp³-hybridized carbons (Fsp3) is 0.182. The average Bonchev–Trinajstić information content (AvgIpc) is 3.25. The minimum absolute atomic E-state index is 0.102. The van der Waals surface area contributed by atoms with Crippen LogP contribution in [0.2, 0.25) is 0 Å². The number of pyridine rings is 2. The number of para-hydroxylation sites is 1. The first-order valence-corrected chi connectivity index (χ1v) is 9.36. The topological polar surface area (TPSA) is 90.1 Å². The van der Waals surface area contributed by atoms with Crippen molar-refractivity contribution in [2.24, 2.45) is 0 Å². The van der Waals surface area contributed by atoms with Crippen molar-refractivity contribution >= 4 is 16.8 Å². The smallest absolute Gasteiger partial charge is 0.273 e. The van der Waals surface area contributed by atoms with Gasteiger partial charge in [0, 0.05) is 24.0 Å². The van der Waals surface area contributed by atoms with Crippen molar-refractivity contribution in [1.82, 2.24) is 20.3 Å². The molecular formula is C22H20N4O3. The highest BCUT2D eigenvalue weighted by Crippen LogP contribution is 2.24. The number of ether oxygens (including phenoxy) is 1. The lowest BCUT2D eigenvalue weighted by Gasteiger charge is -2.16. The van der Waals surface area contributed by atoms with Crippen molar-refractivity contribution < 1.29 is 13.9 Å². The summed E-state index contributed by atoms with van der Waals surface area (Å²) in [5.41, 5.74) is 1.97. The maximum Gasteiger partial charge on any atom is 0.273 e. The molecule has 0 spiro atoms. The number of fused-ring (bicyclic) bond motifs is 1. The molecule has 146 valence electrons. The van der Waals surface area contributed by atoms with Gasteiger partial charge in [0.15, 0.2) is 12.3 Å². The van der Waals surface area contributed by atoms with Gasteiger partial charge in [0.2, 0.25) is 5.89 Å². The van der Waals surface area contributed by atoms with E-state index in [1.807, 2.05) is 49.4 Å². The van der Waals surface area contributed by atoms with Gasteiger partial charge in [-0.15, -0.1) is 0 Å². The number of hydrogen-bond acceptors (Lipinski definition) is 6. The Kier molecular flexibility index (Phi) is 5.47. The number of nitrogens with zero attached hydrogens (tertiary/aromatic N) is 3. The monoisotopic (exact) mass is 388 g/mol. The second-order valence-electron chi connectivity index (χ2n) is 6.46. The van der Waals surface area contributed by atoms with Crippen molar-refractivity contribution in [2.45, 2.75) is 26.0 Å². The lowest BCUT2D eigenvalue weighted by atomic mass is 10.1. The summed E-state index contributed by atoms with van der Waals surface area (Å²) in [5, 5.41) is 3.96. The molecule has 0 radical (unpaired) electrons. The van der Waals surface area contributed by atoms with Crippen LogP contribution in [0.1, 0.15) is 41.3 Å². The number of aromatic nitrogens is 3. The summed E-state index contributed by atoms with van der Waals surface area (Å²) in [6, 6.07) is 13.2. The third-order valence-corrected chi connectivity index (χ3v) is 4.55. The zero-order chi connectivity index (χ0) is 20.1. The lowest BCUT2D eigenvalue weighted by molar-refractivity contribution is 0.0930. The van der Waals surface area contributed by atoms with Gasteiger partial charge in [-0.1, -0.05) is 25.1 Å². The normalized spacial score (nSPS) is 11.9. The molecule has 0 aliphatic rings. The van der Waals surface area contributed by atoms with E-state index in [0.29, 0.717) is 11.6 Å². The number of carbonyl (C=O) groups is 1. The van der Waals surface area contributed by atoms with E-state index >= 15 is 0 Å². The van der Waals surface area contributed by atoms with Crippen LogP contribution in [0, 0.1) is 0 Å². The largest absolute Gasteiger partial charge is 0.482 e. The average molecular weight is 388 g/mol. The maximum absolute atomic E-state index is 12.5. The summed E-state index contributed by atoms with van der Waals surface area (Å²) in [6.45, 7) is 2.11. The van der Waals surface area contributed by atoms with Crippen LogP contribution in [0.5, 0.6) is 5.75 Å². The Hall–Kier alpha value is -3.74. The molecule has 0 saturated carbocycles. The van der Waals surface area contributed by atoms with Crippen LogP contribution in [0.3, 0.4) is 0 Å². The highest BCUT2D eigenvalue weighted by Gasteiger charge is 2.18. The molecule has 1 amide bonds. The number of oxazole rings is 1. The number of benzene rings is 1. The van der Waals surface area contributed by atoms with Crippen LogP contribution in [0.4, 0.5) is 0 Å². The molecule has 1 aromatic carbocycles. The van der Waals surface area contributed by atoms with Crippen molar-refractivity contribution in [2.75, 3.05) is 0 Å². The lowest BCUT2D eigenvalue weighted by Crippen LogP contribution is -2.28. The van der Waals surface area contributed by atoms with Crippen LogP contribution in [0.25, 0.3) is 10.9 Å². The molecule has 0 unspecified atom stereocenters. The first-order chi connectivity index (χ1) is 14.2. The van der Waals surface area contributed by atoms with Crippen LogP contribution < -0.4 is 10.1 Å². The van der Waals surface area contributed by atoms with Crippen molar-refractivity contribution in [3.05, 3.63) is 84.5 Å². The molecule has 7 heteroatoms. The molecule has 3 aromatic heterocycles. The Morgan fingerprint density at radius 2 is 1.97 bits per heavy atom. The minimum Gasteiger partial charge on any atom is -0.482 e. The Labute approximate surface area is 167 Å². The summed E-state index contributed by atoms with van der Waals surface area (Å²) >= 11 is 0. The maximum atomic E-state index is 12.5. The highest BCUT2D eigenvalue weighted by atomic mass is 16.5. The molecule has 29 heavy (non-hydrogen) atoms. The third-order valence-electron chi connectivity index (χ3n) is 4.55. The number of rotatable bonds is 7. The van der Waals surface area contributed by atoms with Gasteiger partial charge < -0.3 is 14.5 Å². The Bertz CT molecular complexity index is 1110. The summed E-state index contributed by atoms with van der Waals surface area (Å²) < 4.78 is 11.2. The van der Waals surface area contributed by atoms with E-state index in [4.69, 9.17) is 9.15 Å². The molecule has 0 aliphatic carbocycles. The second-order valence-corrected chi connectivity index (χ2v) is 6.46. The zero-order valence-electron chi connectivity index (χ0n) is 15.9. The molecular weight excluding hydrogens is 368 g/mol. The van der Waals surface area contributed by atoms with E-state index < -0.39 is 0 Å². The fourth-order valence-corrected chi connectivity index (χ4v) is 3.06. The predicted molar refractivity (Wildman–Crippen MR) is 107 cm³/mol. The summed E-state index contributed by atoms with van der Waals surface area (Å²) in [7, 11) is 0. The van der Waals surface area contributed by atoms with Gasteiger partial charge in [0.05, 0.1) is 6.04 Å².